The van der Waals surface area contributed by atoms with Gasteiger partial charge in [0.2, 0.25) is 0 Å². The maximum atomic E-state index is 2.55. The van der Waals surface area contributed by atoms with E-state index in [2.05, 4.69) is 42.6 Å². The van der Waals surface area contributed by atoms with Crippen LogP contribution in [0.5, 0.6) is 0 Å². The van der Waals surface area contributed by atoms with E-state index in [1.54, 1.807) is 0 Å². The molecule has 0 spiro atoms. The molecule has 0 aromatic rings. The number of hydrogen-bond acceptors (Lipinski definition) is 3. The molecule has 0 radical (unpaired) electrons. The highest BCUT2D eigenvalue weighted by molar-refractivity contribution is 4.73. The van der Waals surface area contributed by atoms with E-state index in [1.165, 1.54) is 26.2 Å². The molecule has 0 aliphatic carbocycles. The first-order valence-electron chi connectivity index (χ1n) is 5.20. The van der Waals surface area contributed by atoms with Crippen molar-refractivity contribution in [1.82, 2.24) is 14.7 Å². The van der Waals surface area contributed by atoms with E-state index >= 15 is 0 Å². The van der Waals surface area contributed by atoms with E-state index in [1.807, 2.05) is 0 Å². The van der Waals surface area contributed by atoms with Crippen molar-refractivity contribution in [2.45, 2.75) is 19.9 Å². The van der Waals surface area contributed by atoms with Crippen molar-refractivity contribution < 1.29 is 0 Å². The molecule has 13 heavy (non-hydrogen) atoms. The van der Waals surface area contributed by atoms with E-state index < -0.39 is 0 Å². The lowest BCUT2D eigenvalue weighted by Gasteiger charge is -2.37. The predicted octanol–water partition coefficient (Wildman–Crippen LogP) is 0.532. The molecule has 1 rings (SSSR count). The van der Waals surface area contributed by atoms with Gasteiger partial charge >= 0.3 is 0 Å². The second kappa shape index (κ2) is 4.94. The normalized spacial score (nSPS) is 21.7. The minimum atomic E-state index is 0.710. The maximum absolute atomic E-state index is 2.55. The molecule has 1 saturated heterocycles. The Hall–Kier alpha value is -0.120. The highest BCUT2D eigenvalue weighted by Gasteiger charge is 2.18. The standard InChI is InChI=1S/C10H23N3/c1-10(2)13-7-5-12(6-8-13)9-11(3)4/h10H,5-9H2,1-4H3. The van der Waals surface area contributed by atoms with Gasteiger partial charge in [-0.25, -0.2) is 0 Å². The van der Waals surface area contributed by atoms with Gasteiger partial charge in [0, 0.05) is 32.2 Å². The Morgan fingerprint density at radius 1 is 1.08 bits per heavy atom. The monoisotopic (exact) mass is 185 g/mol. The Morgan fingerprint density at radius 2 is 1.62 bits per heavy atom. The second-order valence-corrected chi connectivity index (χ2v) is 4.47. The lowest BCUT2D eigenvalue weighted by molar-refractivity contribution is 0.0777. The van der Waals surface area contributed by atoms with Crippen molar-refractivity contribution in [3.05, 3.63) is 0 Å². The summed E-state index contributed by atoms with van der Waals surface area (Å²) in [6.07, 6.45) is 0. The van der Waals surface area contributed by atoms with Crippen LogP contribution in [0.25, 0.3) is 0 Å². The number of piperazine rings is 1. The van der Waals surface area contributed by atoms with E-state index in [4.69, 9.17) is 0 Å². The smallest absolute Gasteiger partial charge is 0.0501 e. The van der Waals surface area contributed by atoms with Gasteiger partial charge in [-0.05, 0) is 27.9 Å². The highest BCUT2D eigenvalue weighted by Crippen LogP contribution is 2.05. The third-order valence-corrected chi connectivity index (χ3v) is 2.62. The van der Waals surface area contributed by atoms with Crippen LogP contribution in [0.15, 0.2) is 0 Å². The third kappa shape index (κ3) is 3.63. The third-order valence-electron chi connectivity index (χ3n) is 2.62. The number of hydrogen-bond donors (Lipinski definition) is 0. The molecule has 1 aliphatic rings. The van der Waals surface area contributed by atoms with E-state index in [-0.39, 0.29) is 0 Å². The van der Waals surface area contributed by atoms with Gasteiger partial charge in [-0.15, -0.1) is 0 Å². The van der Waals surface area contributed by atoms with Gasteiger partial charge in [0.25, 0.3) is 0 Å². The van der Waals surface area contributed by atoms with Crippen LogP contribution in [-0.2, 0) is 0 Å². The summed E-state index contributed by atoms with van der Waals surface area (Å²) in [4.78, 5) is 7.30. The topological polar surface area (TPSA) is 9.72 Å². The minimum absolute atomic E-state index is 0.710. The van der Waals surface area contributed by atoms with Gasteiger partial charge < -0.3 is 0 Å². The average molecular weight is 185 g/mol. The molecule has 3 nitrogen and oxygen atoms in total. The molecule has 1 heterocycles. The first-order chi connectivity index (χ1) is 6.09. The van der Waals surface area contributed by atoms with Crippen molar-refractivity contribution in [2.24, 2.45) is 0 Å². The first kappa shape index (κ1) is 11.0. The van der Waals surface area contributed by atoms with Gasteiger partial charge in [-0.1, -0.05) is 0 Å². The molecule has 0 saturated carbocycles. The zero-order valence-electron chi connectivity index (χ0n) is 9.45. The van der Waals surface area contributed by atoms with Crippen LogP contribution >= 0.6 is 0 Å². The number of nitrogens with zero attached hydrogens (tertiary/aromatic N) is 3. The lowest BCUT2D eigenvalue weighted by atomic mass is 10.2. The summed E-state index contributed by atoms with van der Waals surface area (Å²) in [5, 5.41) is 0. The zero-order chi connectivity index (χ0) is 9.84. The molecule has 0 aromatic carbocycles. The summed E-state index contributed by atoms with van der Waals surface area (Å²) in [5.74, 6) is 0. The van der Waals surface area contributed by atoms with Crippen molar-refractivity contribution in [1.29, 1.82) is 0 Å². The summed E-state index contributed by atoms with van der Waals surface area (Å²) < 4.78 is 0. The van der Waals surface area contributed by atoms with Gasteiger partial charge in [-0.2, -0.15) is 0 Å². The quantitative estimate of drug-likeness (QED) is 0.635. The Kier molecular flexibility index (Phi) is 4.16. The van der Waals surface area contributed by atoms with E-state index in [0.29, 0.717) is 6.04 Å². The van der Waals surface area contributed by atoms with Gasteiger partial charge in [-0.3, -0.25) is 14.7 Å². The van der Waals surface area contributed by atoms with Crippen LogP contribution in [0.2, 0.25) is 0 Å². The van der Waals surface area contributed by atoms with Crippen molar-refractivity contribution in [2.75, 3.05) is 46.9 Å². The number of rotatable bonds is 3. The molecular weight excluding hydrogens is 162 g/mol. The highest BCUT2D eigenvalue weighted by atomic mass is 15.3. The SMILES string of the molecule is CC(C)N1CCN(CN(C)C)CC1. The largest absolute Gasteiger partial charge is 0.298 e. The van der Waals surface area contributed by atoms with Crippen LogP contribution in [0.4, 0.5) is 0 Å². The van der Waals surface area contributed by atoms with Crippen LogP contribution in [0.3, 0.4) is 0 Å². The zero-order valence-corrected chi connectivity index (χ0v) is 9.45. The fourth-order valence-corrected chi connectivity index (χ4v) is 1.82. The average Bonchev–Trinajstić information content (AvgIpc) is 2.04. The van der Waals surface area contributed by atoms with Crippen LogP contribution in [0, 0.1) is 0 Å². The molecule has 78 valence electrons. The van der Waals surface area contributed by atoms with Crippen molar-refractivity contribution in [3.8, 4) is 0 Å². The summed E-state index contributed by atoms with van der Waals surface area (Å²) >= 11 is 0. The molecule has 0 amide bonds. The van der Waals surface area contributed by atoms with Crippen molar-refractivity contribution in [3.63, 3.8) is 0 Å². The molecule has 0 bridgehead atoms. The Morgan fingerprint density at radius 3 is 2.00 bits per heavy atom. The van der Waals surface area contributed by atoms with Crippen LogP contribution in [0.1, 0.15) is 13.8 Å². The minimum Gasteiger partial charge on any atom is -0.298 e. The molecular formula is C10H23N3. The van der Waals surface area contributed by atoms with Crippen LogP contribution < -0.4 is 0 Å². The van der Waals surface area contributed by atoms with E-state index in [0.717, 1.165) is 6.67 Å². The summed E-state index contributed by atoms with van der Waals surface area (Å²) in [6.45, 7) is 10.6. The Labute approximate surface area is 82.3 Å². The fraction of sp³-hybridized carbons (Fsp3) is 1.00. The molecule has 0 unspecified atom stereocenters. The molecule has 0 atom stereocenters. The summed E-state index contributed by atoms with van der Waals surface area (Å²) in [6, 6.07) is 0.710. The fourth-order valence-electron chi connectivity index (χ4n) is 1.82. The Bertz CT molecular complexity index is 137. The first-order valence-corrected chi connectivity index (χ1v) is 5.20. The van der Waals surface area contributed by atoms with Gasteiger partial charge in [0.15, 0.2) is 0 Å². The van der Waals surface area contributed by atoms with Crippen molar-refractivity contribution >= 4 is 0 Å². The molecule has 3 heteroatoms. The summed E-state index contributed by atoms with van der Waals surface area (Å²) in [5.41, 5.74) is 0. The Balaban J connectivity index is 2.22. The molecule has 0 N–H and O–H groups in total. The van der Waals surface area contributed by atoms with Gasteiger partial charge in [0.1, 0.15) is 0 Å². The maximum Gasteiger partial charge on any atom is 0.0501 e. The lowest BCUT2D eigenvalue weighted by Crippen LogP contribution is -2.50. The predicted molar refractivity (Wildman–Crippen MR) is 56.8 cm³/mol. The summed E-state index contributed by atoms with van der Waals surface area (Å²) in [7, 11) is 4.27. The molecule has 0 aromatic heterocycles. The van der Waals surface area contributed by atoms with Crippen LogP contribution in [-0.4, -0.2) is 67.7 Å². The molecule has 1 aliphatic heterocycles. The molecule has 1 fully saturated rings. The second-order valence-electron chi connectivity index (χ2n) is 4.47. The van der Waals surface area contributed by atoms with Gasteiger partial charge in [0.05, 0.1) is 6.67 Å². The van der Waals surface area contributed by atoms with E-state index in [9.17, 15) is 0 Å².